The summed E-state index contributed by atoms with van der Waals surface area (Å²) in [5.74, 6) is -0.299. The smallest absolute Gasteiger partial charge is 0.331 e. The highest BCUT2D eigenvalue weighted by Gasteiger charge is 2.02. The van der Waals surface area contributed by atoms with Gasteiger partial charge < -0.3 is 4.74 Å². The van der Waals surface area contributed by atoms with E-state index in [2.05, 4.69) is 40.2 Å². The SMILES string of the molecule is CCOC(=O)/C=C(\C)c1ccc(-c2ccc(Br)cc2)cc1. The minimum absolute atomic E-state index is 0.299. The van der Waals surface area contributed by atoms with E-state index in [0.29, 0.717) is 6.61 Å². The van der Waals surface area contributed by atoms with Gasteiger partial charge in [0.25, 0.3) is 0 Å². The Morgan fingerprint density at radius 2 is 1.57 bits per heavy atom. The third-order valence-electron chi connectivity index (χ3n) is 3.14. The van der Waals surface area contributed by atoms with Crippen molar-refractivity contribution in [2.45, 2.75) is 13.8 Å². The fraction of sp³-hybridized carbons (Fsp3) is 0.167. The van der Waals surface area contributed by atoms with Crippen LogP contribution in [-0.4, -0.2) is 12.6 Å². The lowest BCUT2D eigenvalue weighted by molar-refractivity contribution is -0.137. The van der Waals surface area contributed by atoms with Gasteiger partial charge in [-0.15, -0.1) is 0 Å². The summed E-state index contributed by atoms with van der Waals surface area (Å²) in [5, 5.41) is 0. The zero-order valence-corrected chi connectivity index (χ0v) is 13.7. The Morgan fingerprint density at radius 3 is 2.10 bits per heavy atom. The van der Waals surface area contributed by atoms with Gasteiger partial charge in [-0.05, 0) is 48.2 Å². The Balaban J connectivity index is 2.19. The zero-order chi connectivity index (χ0) is 15.2. The van der Waals surface area contributed by atoms with Crippen molar-refractivity contribution in [3.63, 3.8) is 0 Å². The number of rotatable bonds is 4. The van der Waals surface area contributed by atoms with Gasteiger partial charge in [0.15, 0.2) is 0 Å². The molecule has 3 heteroatoms. The van der Waals surface area contributed by atoms with Crippen molar-refractivity contribution >= 4 is 27.5 Å². The quantitative estimate of drug-likeness (QED) is 0.570. The molecule has 2 nitrogen and oxygen atoms in total. The van der Waals surface area contributed by atoms with Crippen LogP contribution in [-0.2, 0) is 9.53 Å². The van der Waals surface area contributed by atoms with Gasteiger partial charge in [-0.1, -0.05) is 52.3 Å². The predicted molar refractivity (Wildman–Crippen MR) is 89.9 cm³/mol. The van der Waals surface area contributed by atoms with Gasteiger partial charge in [0, 0.05) is 10.5 Å². The molecule has 0 N–H and O–H groups in total. The molecule has 0 atom stereocenters. The average molecular weight is 345 g/mol. The van der Waals surface area contributed by atoms with Crippen LogP contribution in [0.25, 0.3) is 16.7 Å². The molecule has 0 aliphatic heterocycles. The minimum atomic E-state index is -0.299. The minimum Gasteiger partial charge on any atom is -0.463 e. The van der Waals surface area contributed by atoms with Crippen molar-refractivity contribution in [1.29, 1.82) is 0 Å². The number of carbonyl (C=O) groups excluding carboxylic acids is 1. The summed E-state index contributed by atoms with van der Waals surface area (Å²) in [6, 6.07) is 16.3. The van der Waals surface area contributed by atoms with Crippen molar-refractivity contribution < 1.29 is 9.53 Å². The lowest BCUT2D eigenvalue weighted by Gasteiger charge is -2.05. The first kappa shape index (κ1) is 15.5. The summed E-state index contributed by atoms with van der Waals surface area (Å²) in [6.07, 6.45) is 1.53. The Labute approximate surface area is 133 Å². The lowest BCUT2D eigenvalue weighted by Crippen LogP contribution is -2.00. The highest BCUT2D eigenvalue weighted by molar-refractivity contribution is 9.10. The Bertz CT molecular complexity index is 640. The summed E-state index contributed by atoms with van der Waals surface area (Å²) in [5.41, 5.74) is 4.23. The van der Waals surface area contributed by atoms with Crippen molar-refractivity contribution in [2.24, 2.45) is 0 Å². The summed E-state index contributed by atoms with van der Waals surface area (Å²) in [6.45, 7) is 4.10. The molecule has 0 saturated carbocycles. The molecule has 108 valence electrons. The largest absolute Gasteiger partial charge is 0.463 e. The fourth-order valence-electron chi connectivity index (χ4n) is 2.01. The molecule has 0 unspecified atom stereocenters. The Morgan fingerprint density at radius 1 is 1.05 bits per heavy atom. The van der Waals surface area contributed by atoms with Gasteiger partial charge in [0.1, 0.15) is 0 Å². The highest BCUT2D eigenvalue weighted by Crippen LogP contribution is 2.24. The van der Waals surface area contributed by atoms with Crippen LogP contribution in [0, 0.1) is 0 Å². The molecule has 2 rings (SSSR count). The first-order valence-electron chi connectivity index (χ1n) is 6.81. The van der Waals surface area contributed by atoms with E-state index < -0.39 is 0 Å². The van der Waals surface area contributed by atoms with Crippen molar-refractivity contribution in [3.05, 3.63) is 64.6 Å². The maximum atomic E-state index is 11.4. The predicted octanol–water partition coefficient (Wildman–Crippen LogP) is 5.08. The number of halogens is 1. The van der Waals surface area contributed by atoms with Crippen LogP contribution in [0.4, 0.5) is 0 Å². The number of allylic oxidation sites excluding steroid dienone is 1. The Hall–Kier alpha value is -1.87. The first-order chi connectivity index (χ1) is 10.1. The Kier molecular flexibility index (Phi) is 5.34. The van der Waals surface area contributed by atoms with Crippen LogP contribution < -0.4 is 0 Å². The van der Waals surface area contributed by atoms with Crippen LogP contribution in [0.15, 0.2) is 59.1 Å². The molecule has 0 spiro atoms. The van der Waals surface area contributed by atoms with E-state index in [1.165, 1.54) is 6.08 Å². The molecular weight excluding hydrogens is 328 g/mol. The molecule has 0 fully saturated rings. The van der Waals surface area contributed by atoms with Gasteiger partial charge in [0.2, 0.25) is 0 Å². The molecule has 0 aromatic heterocycles. The normalized spacial score (nSPS) is 11.3. The summed E-state index contributed by atoms with van der Waals surface area (Å²) >= 11 is 3.43. The topological polar surface area (TPSA) is 26.3 Å². The molecule has 0 aliphatic rings. The average Bonchev–Trinajstić information content (AvgIpc) is 2.48. The van der Waals surface area contributed by atoms with Crippen LogP contribution >= 0.6 is 15.9 Å². The second kappa shape index (κ2) is 7.23. The van der Waals surface area contributed by atoms with Crippen LogP contribution in [0.5, 0.6) is 0 Å². The molecule has 21 heavy (non-hydrogen) atoms. The van der Waals surface area contributed by atoms with E-state index in [-0.39, 0.29) is 5.97 Å². The second-order valence-corrected chi connectivity index (χ2v) is 5.58. The van der Waals surface area contributed by atoms with Crippen LogP contribution in [0.1, 0.15) is 19.4 Å². The molecule has 2 aromatic carbocycles. The number of esters is 1. The molecule has 0 amide bonds. The van der Waals surface area contributed by atoms with Crippen LogP contribution in [0.2, 0.25) is 0 Å². The number of hydrogen-bond acceptors (Lipinski definition) is 2. The van der Waals surface area contributed by atoms with E-state index in [0.717, 1.165) is 26.7 Å². The van der Waals surface area contributed by atoms with Crippen molar-refractivity contribution in [3.8, 4) is 11.1 Å². The van der Waals surface area contributed by atoms with Crippen LogP contribution in [0.3, 0.4) is 0 Å². The van der Waals surface area contributed by atoms with Crippen molar-refractivity contribution in [1.82, 2.24) is 0 Å². The van der Waals surface area contributed by atoms with Gasteiger partial charge in [-0.2, -0.15) is 0 Å². The number of ether oxygens (including phenoxy) is 1. The maximum absolute atomic E-state index is 11.4. The maximum Gasteiger partial charge on any atom is 0.331 e. The standard InChI is InChI=1S/C18H17BrO2/c1-3-21-18(20)12-13(2)14-4-6-15(7-5-14)16-8-10-17(19)11-9-16/h4-12H,3H2,1-2H3/b13-12+. The third-order valence-corrected chi connectivity index (χ3v) is 3.67. The monoisotopic (exact) mass is 344 g/mol. The second-order valence-electron chi connectivity index (χ2n) is 4.66. The number of hydrogen-bond donors (Lipinski definition) is 0. The summed E-state index contributed by atoms with van der Waals surface area (Å²) < 4.78 is 5.98. The van der Waals surface area contributed by atoms with Gasteiger partial charge in [0.05, 0.1) is 6.61 Å². The van der Waals surface area contributed by atoms with E-state index in [1.807, 2.05) is 31.2 Å². The molecule has 2 aromatic rings. The van der Waals surface area contributed by atoms with E-state index in [4.69, 9.17) is 4.74 Å². The number of carbonyl (C=O) groups is 1. The molecule has 0 aliphatic carbocycles. The molecule has 0 saturated heterocycles. The van der Waals surface area contributed by atoms with Gasteiger partial charge in [-0.25, -0.2) is 4.79 Å². The number of benzene rings is 2. The summed E-state index contributed by atoms with van der Waals surface area (Å²) in [7, 11) is 0. The van der Waals surface area contributed by atoms with Crippen molar-refractivity contribution in [2.75, 3.05) is 6.61 Å². The van der Waals surface area contributed by atoms with E-state index >= 15 is 0 Å². The van der Waals surface area contributed by atoms with Gasteiger partial charge in [-0.3, -0.25) is 0 Å². The molecular formula is C18H17BrO2. The molecule has 0 radical (unpaired) electrons. The van der Waals surface area contributed by atoms with Gasteiger partial charge >= 0.3 is 5.97 Å². The highest BCUT2D eigenvalue weighted by atomic mass is 79.9. The molecule has 0 heterocycles. The third kappa shape index (κ3) is 4.30. The summed E-state index contributed by atoms with van der Waals surface area (Å²) in [4.78, 5) is 11.4. The zero-order valence-electron chi connectivity index (χ0n) is 12.1. The fourth-order valence-corrected chi connectivity index (χ4v) is 2.28. The first-order valence-corrected chi connectivity index (χ1v) is 7.61. The van der Waals surface area contributed by atoms with E-state index in [1.54, 1.807) is 6.92 Å². The molecule has 0 bridgehead atoms. The van der Waals surface area contributed by atoms with E-state index in [9.17, 15) is 4.79 Å². The lowest BCUT2D eigenvalue weighted by atomic mass is 10.0.